The van der Waals surface area contributed by atoms with Gasteiger partial charge in [-0.05, 0) is 6.07 Å². The van der Waals surface area contributed by atoms with Crippen LogP contribution in [0.2, 0.25) is 0 Å². The maximum atomic E-state index is 11.6. The summed E-state index contributed by atoms with van der Waals surface area (Å²) < 4.78 is 1.63. The highest BCUT2D eigenvalue weighted by atomic mass is 16.1. The fourth-order valence-electron chi connectivity index (χ4n) is 1.42. The lowest BCUT2D eigenvalue weighted by atomic mass is 10.3. The Labute approximate surface area is 98.0 Å². The summed E-state index contributed by atoms with van der Waals surface area (Å²) in [5, 5.41) is 6.87. The smallest absolute Gasteiger partial charge is 0.267 e. The van der Waals surface area contributed by atoms with Gasteiger partial charge < -0.3 is 16.0 Å². The molecule has 7 heteroatoms. The Morgan fingerprint density at radius 1 is 1.65 bits per heavy atom. The van der Waals surface area contributed by atoms with Crippen molar-refractivity contribution in [3.05, 3.63) is 30.1 Å². The van der Waals surface area contributed by atoms with E-state index in [4.69, 9.17) is 5.73 Å². The number of aromatic amines is 1. The Balaban J connectivity index is 1.81. The average Bonchev–Trinajstić information content (AvgIpc) is 2.88. The Morgan fingerprint density at radius 2 is 2.47 bits per heavy atom. The molecular formula is C10H14N6O. The molecule has 2 aromatic rings. The van der Waals surface area contributed by atoms with Gasteiger partial charge in [0.05, 0.1) is 0 Å². The summed E-state index contributed by atoms with van der Waals surface area (Å²) in [6.45, 7) is 0.488. The van der Waals surface area contributed by atoms with Gasteiger partial charge in [-0.25, -0.2) is 4.98 Å². The topological polar surface area (TPSA) is 102 Å². The van der Waals surface area contributed by atoms with Gasteiger partial charge >= 0.3 is 0 Å². The zero-order chi connectivity index (χ0) is 12.3. The average molecular weight is 234 g/mol. The molecule has 0 aromatic carbocycles. The highest BCUT2D eigenvalue weighted by Gasteiger charge is 2.07. The first-order chi connectivity index (χ1) is 8.15. The van der Waals surface area contributed by atoms with Gasteiger partial charge in [0.15, 0.2) is 5.82 Å². The van der Waals surface area contributed by atoms with Crippen molar-refractivity contribution >= 4 is 11.6 Å². The minimum absolute atomic E-state index is 0.183. The second-order valence-electron chi connectivity index (χ2n) is 3.69. The largest absolute Gasteiger partial charge is 0.397 e. The van der Waals surface area contributed by atoms with Crippen LogP contribution in [0.1, 0.15) is 16.3 Å². The molecule has 0 bridgehead atoms. The number of rotatable bonds is 4. The van der Waals surface area contributed by atoms with Crippen molar-refractivity contribution in [3.8, 4) is 0 Å². The van der Waals surface area contributed by atoms with Crippen LogP contribution in [0.15, 0.2) is 18.6 Å². The summed E-state index contributed by atoms with van der Waals surface area (Å²) in [5.41, 5.74) is 6.50. The highest BCUT2D eigenvalue weighted by Crippen LogP contribution is 2.03. The molecule has 2 rings (SSSR count). The lowest BCUT2D eigenvalue weighted by molar-refractivity contribution is 0.0949. The summed E-state index contributed by atoms with van der Waals surface area (Å²) >= 11 is 0. The van der Waals surface area contributed by atoms with E-state index in [2.05, 4.69) is 20.4 Å². The highest BCUT2D eigenvalue weighted by molar-refractivity contribution is 5.93. The van der Waals surface area contributed by atoms with Crippen LogP contribution >= 0.6 is 0 Å². The number of hydrogen-bond acceptors (Lipinski definition) is 4. The summed E-state index contributed by atoms with van der Waals surface area (Å²) in [4.78, 5) is 18.5. The summed E-state index contributed by atoms with van der Waals surface area (Å²) in [7, 11) is 1.80. The van der Waals surface area contributed by atoms with Crippen LogP contribution in [-0.2, 0) is 13.5 Å². The fourth-order valence-corrected chi connectivity index (χ4v) is 1.42. The van der Waals surface area contributed by atoms with E-state index in [9.17, 15) is 4.79 Å². The normalized spacial score (nSPS) is 10.4. The lowest BCUT2D eigenvalue weighted by Gasteiger charge is -2.00. The van der Waals surface area contributed by atoms with Gasteiger partial charge in [-0.2, -0.15) is 5.10 Å². The van der Waals surface area contributed by atoms with Gasteiger partial charge in [-0.1, -0.05) is 0 Å². The zero-order valence-electron chi connectivity index (χ0n) is 9.47. The number of H-pyrrole nitrogens is 1. The molecular weight excluding hydrogens is 220 g/mol. The number of aryl methyl sites for hydroxylation is 1. The molecule has 0 radical (unpaired) electrons. The minimum Gasteiger partial charge on any atom is -0.397 e. The minimum atomic E-state index is -0.183. The van der Waals surface area contributed by atoms with E-state index >= 15 is 0 Å². The standard InChI is InChI=1S/C10H14N6O/c1-16-6-14-9(15-16)2-3-12-10(17)8-4-7(11)5-13-8/h4-6,13H,2-3,11H2,1H3,(H,12,17). The molecule has 17 heavy (non-hydrogen) atoms. The number of carbonyl (C=O) groups is 1. The molecule has 0 unspecified atom stereocenters. The third-order valence-electron chi connectivity index (χ3n) is 2.23. The zero-order valence-corrected chi connectivity index (χ0v) is 9.47. The molecule has 0 atom stereocenters. The molecule has 7 nitrogen and oxygen atoms in total. The predicted molar refractivity (Wildman–Crippen MR) is 62.2 cm³/mol. The summed E-state index contributed by atoms with van der Waals surface area (Å²) in [6.07, 6.45) is 3.81. The number of hydrogen-bond donors (Lipinski definition) is 3. The number of nitrogens with one attached hydrogen (secondary N) is 2. The van der Waals surface area contributed by atoms with Gasteiger partial charge in [0.1, 0.15) is 12.0 Å². The first kappa shape index (κ1) is 11.2. The quantitative estimate of drug-likeness (QED) is 0.675. The van der Waals surface area contributed by atoms with Gasteiger partial charge in [0.25, 0.3) is 5.91 Å². The first-order valence-electron chi connectivity index (χ1n) is 5.22. The monoisotopic (exact) mass is 234 g/mol. The van der Waals surface area contributed by atoms with Gasteiger partial charge in [0.2, 0.25) is 0 Å². The molecule has 0 fully saturated rings. The number of nitrogen functional groups attached to an aromatic ring is 1. The van der Waals surface area contributed by atoms with Crippen molar-refractivity contribution in [2.24, 2.45) is 7.05 Å². The van der Waals surface area contributed by atoms with E-state index in [1.165, 1.54) is 0 Å². The third kappa shape index (κ3) is 2.83. The first-order valence-corrected chi connectivity index (χ1v) is 5.22. The summed E-state index contributed by atoms with van der Waals surface area (Å²) in [5.74, 6) is 0.524. The Kier molecular flexibility index (Phi) is 3.08. The van der Waals surface area contributed by atoms with Crippen molar-refractivity contribution in [3.63, 3.8) is 0 Å². The van der Waals surface area contributed by atoms with Crippen LogP contribution in [0, 0.1) is 0 Å². The van der Waals surface area contributed by atoms with Crippen molar-refractivity contribution in [1.29, 1.82) is 0 Å². The molecule has 90 valence electrons. The predicted octanol–water partition coefficient (Wildman–Crippen LogP) is -0.302. The van der Waals surface area contributed by atoms with Crippen LogP contribution < -0.4 is 11.1 Å². The van der Waals surface area contributed by atoms with E-state index in [1.54, 1.807) is 30.3 Å². The molecule has 0 aliphatic rings. The molecule has 1 amide bonds. The number of nitrogens with zero attached hydrogens (tertiary/aromatic N) is 3. The van der Waals surface area contributed by atoms with Crippen LogP contribution in [0.25, 0.3) is 0 Å². The van der Waals surface area contributed by atoms with Gasteiger partial charge in [-0.3, -0.25) is 9.48 Å². The molecule has 0 spiro atoms. The van der Waals surface area contributed by atoms with E-state index in [0.29, 0.717) is 30.2 Å². The fraction of sp³-hybridized carbons (Fsp3) is 0.300. The maximum absolute atomic E-state index is 11.6. The molecule has 0 saturated heterocycles. The molecule has 2 aromatic heterocycles. The van der Waals surface area contributed by atoms with Crippen LogP contribution in [0.5, 0.6) is 0 Å². The second-order valence-corrected chi connectivity index (χ2v) is 3.69. The lowest BCUT2D eigenvalue weighted by Crippen LogP contribution is -2.26. The molecule has 0 saturated carbocycles. The van der Waals surface area contributed by atoms with Crippen LogP contribution in [-0.4, -0.2) is 32.2 Å². The number of nitrogens with two attached hydrogens (primary N) is 1. The van der Waals surface area contributed by atoms with Crippen molar-refractivity contribution < 1.29 is 4.79 Å². The SMILES string of the molecule is Cn1cnc(CCNC(=O)c2cc(N)c[nH]2)n1. The molecule has 4 N–H and O–H groups in total. The van der Waals surface area contributed by atoms with Crippen molar-refractivity contribution in [2.45, 2.75) is 6.42 Å². The molecule has 2 heterocycles. The van der Waals surface area contributed by atoms with E-state index < -0.39 is 0 Å². The van der Waals surface area contributed by atoms with Crippen molar-refractivity contribution in [1.82, 2.24) is 25.1 Å². The third-order valence-corrected chi connectivity index (χ3v) is 2.23. The van der Waals surface area contributed by atoms with E-state index in [1.807, 2.05) is 0 Å². The van der Waals surface area contributed by atoms with Crippen LogP contribution in [0.3, 0.4) is 0 Å². The number of amides is 1. The Morgan fingerprint density at radius 3 is 3.06 bits per heavy atom. The Hall–Kier alpha value is -2.31. The number of carbonyl (C=O) groups excluding carboxylic acids is 1. The maximum Gasteiger partial charge on any atom is 0.267 e. The van der Waals surface area contributed by atoms with Crippen LogP contribution in [0.4, 0.5) is 5.69 Å². The van der Waals surface area contributed by atoms with E-state index in [0.717, 1.165) is 0 Å². The molecule has 0 aliphatic carbocycles. The van der Waals surface area contributed by atoms with Gasteiger partial charge in [-0.15, -0.1) is 0 Å². The summed E-state index contributed by atoms with van der Waals surface area (Å²) in [6, 6.07) is 1.59. The second kappa shape index (κ2) is 4.69. The van der Waals surface area contributed by atoms with Gasteiger partial charge in [0, 0.05) is 31.9 Å². The number of aromatic nitrogens is 4. The number of anilines is 1. The Bertz CT molecular complexity index is 514. The van der Waals surface area contributed by atoms with Crippen molar-refractivity contribution in [2.75, 3.05) is 12.3 Å². The van der Waals surface area contributed by atoms with E-state index in [-0.39, 0.29) is 5.91 Å². The molecule has 0 aliphatic heterocycles.